The molecule has 0 saturated carbocycles. The van der Waals surface area contributed by atoms with E-state index in [0.717, 1.165) is 16.3 Å². The second-order valence-electron chi connectivity index (χ2n) is 4.45. The minimum atomic E-state index is -0.835. The monoisotopic (exact) mass is 243 g/mol. The van der Waals surface area contributed by atoms with Crippen LogP contribution in [0.1, 0.15) is 24.9 Å². The molecule has 0 aliphatic rings. The van der Waals surface area contributed by atoms with Crippen molar-refractivity contribution in [2.75, 3.05) is 0 Å². The molecule has 0 saturated heterocycles. The molecule has 18 heavy (non-hydrogen) atoms. The molecule has 2 unspecified atom stereocenters. The number of carboxylic acids is 1. The van der Waals surface area contributed by atoms with Crippen molar-refractivity contribution >= 4 is 16.7 Å². The second-order valence-corrected chi connectivity index (χ2v) is 4.45. The summed E-state index contributed by atoms with van der Waals surface area (Å²) in [5, 5.41) is 11.3. The van der Waals surface area contributed by atoms with Crippen LogP contribution in [0.5, 0.6) is 0 Å². The zero-order chi connectivity index (χ0) is 13.1. The second kappa shape index (κ2) is 5.19. The van der Waals surface area contributed by atoms with E-state index in [0.29, 0.717) is 6.42 Å². The van der Waals surface area contributed by atoms with Crippen LogP contribution < -0.4 is 5.73 Å². The van der Waals surface area contributed by atoms with E-state index in [1.165, 1.54) is 0 Å². The highest BCUT2D eigenvalue weighted by Gasteiger charge is 2.25. The van der Waals surface area contributed by atoms with Crippen molar-refractivity contribution in [2.24, 2.45) is 11.7 Å². The van der Waals surface area contributed by atoms with Crippen LogP contribution in [-0.2, 0) is 4.79 Å². The quantitative estimate of drug-likeness (QED) is 0.867. The number of aliphatic carboxylic acids is 1. The average Bonchev–Trinajstić information content (AvgIpc) is 2.38. The van der Waals surface area contributed by atoms with Crippen LogP contribution in [0.4, 0.5) is 0 Å². The maximum Gasteiger partial charge on any atom is 0.308 e. The SMILES string of the molecule is CCC(C(=O)O)C(N)c1cccc2ccccc12. The first-order chi connectivity index (χ1) is 8.65. The Morgan fingerprint density at radius 2 is 1.89 bits per heavy atom. The Morgan fingerprint density at radius 3 is 2.56 bits per heavy atom. The van der Waals surface area contributed by atoms with Crippen molar-refractivity contribution < 1.29 is 9.90 Å². The summed E-state index contributed by atoms with van der Waals surface area (Å²) in [5.41, 5.74) is 7.04. The lowest BCUT2D eigenvalue weighted by atomic mass is 9.89. The zero-order valence-electron chi connectivity index (χ0n) is 10.3. The van der Waals surface area contributed by atoms with Crippen molar-refractivity contribution in [3.63, 3.8) is 0 Å². The smallest absolute Gasteiger partial charge is 0.308 e. The molecule has 3 nitrogen and oxygen atoms in total. The first kappa shape index (κ1) is 12.6. The fraction of sp³-hybridized carbons (Fsp3) is 0.267. The summed E-state index contributed by atoms with van der Waals surface area (Å²) in [4.78, 5) is 11.2. The van der Waals surface area contributed by atoms with Crippen molar-refractivity contribution in [2.45, 2.75) is 19.4 Å². The van der Waals surface area contributed by atoms with E-state index in [4.69, 9.17) is 5.73 Å². The summed E-state index contributed by atoms with van der Waals surface area (Å²) < 4.78 is 0. The zero-order valence-corrected chi connectivity index (χ0v) is 10.3. The van der Waals surface area contributed by atoms with Gasteiger partial charge in [-0.25, -0.2) is 0 Å². The lowest BCUT2D eigenvalue weighted by molar-refractivity contribution is -0.142. The van der Waals surface area contributed by atoms with Gasteiger partial charge in [0.2, 0.25) is 0 Å². The van der Waals surface area contributed by atoms with Gasteiger partial charge in [0.05, 0.1) is 5.92 Å². The number of benzene rings is 2. The van der Waals surface area contributed by atoms with Gasteiger partial charge in [0, 0.05) is 6.04 Å². The number of hydrogen-bond acceptors (Lipinski definition) is 2. The van der Waals surface area contributed by atoms with Crippen LogP contribution in [0.25, 0.3) is 10.8 Å². The van der Waals surface area contributed by atoms with Gasteiger partial charge in [-0.05, 0) is 22.8 Å². The van der Waals surface area contributed by atoms with Gasteiger partial charge in [-0.2, -0.15) is 0 Å². The predicted molar refractivity (Wildman–Crippen MR) is 72.3 cm³/mol. The fourth-order valence-electron chi connectivity index (χ4n) is 2.34. The number of hydrogen-bond donors (Lipinski definition) is 2. The molecule has 2 aromatic rings. The van der Waals surface area contributed by atoms with E-state index in [9.17, 15) is 9.90 Å². The number of rotatable bonds is 4. The highest BCUT2D eigenvalue weighted by molar-refractivity contribution is 5.86. The number of carbonyl (C=O) groups is 1. The van der Waals surface area contributed by atoms with Crippen molar-refractivity contribution in [1.82, 2.24) is 0 Å². The predicted octanol–water partition coefficient (Wildman–Crippen LogP) is 2.95. The van der Waals surface area contributed by atoms with Crippen molar-refractivity contribution in [1.29, 1.82) is 0 Å². The summed E-state index contributed by atoms with van der Waals surface area (Å²) in [6.45, 7) is 1.85. The molecule has 0 aliphatic heterocycles. The van der Waals surface area contributed by atoms with Crippen LogP contribution in [0.15, 0.2) is 42.5 Å². The Hall–Kier alpha value is -1.87. The average molecular weight is 243 g/mol. The lowest BCUT2D eigenvalue weighted by Gasteiger charge is -2.20. The Kier molecular flexibility index (Phi) is 3.63. The largest absolute Gasteiger partial charge is 0.481 e. The first-order valence-corrected chi connectivity index (χ1v) is 6.11. The number of nitrogens with two attached hydrogens (primary N) is 1. The standard InChI is InChI=1S/C15H17NO2/c1-2-11(15(17)18)14(16)13-9-5-7-10-6-3-4-8-12(10)13/h3-9,11,14H,2,16H2,1H3,(H,17,18). The van der Waals surface area contributed by atoms with E-state index in [1.54, 1.807) is 0 Å². The minimum Gasteiger partial charge on any atom is -0.481 e. The molecule has 0 aliphatic carbocycles. The molecule has 2 rings (SSSR count). The Balaban J connectivity index is 2.50. The van der Waals surface area contributed by atoms with Gasteiger partial charge < -0.3 is 10.8 Å². The van der Waals surface area contributed by atoms with Gasteiger partial charge in [-0.3, -0.25) is 4.79 Å². The van der Waals surface area contributed by atoms with Crippen LogP contribution in [0.3, 0.4) is 0 Å². The molecule has 3 heteroatoms. The topological polar surface area (TPSA) is 63.3 Å². The van der Waals surface area contributed by atoms with E-state index >= 15 is 0 Å². The van der Waals surface area contributed by atoms with Gasteiger partial charge in [-0.15, -0.1) is 0 Å². The first-order valence-electron chi connectivity index (χ1n) is 6.11. The third-order valence-corrected chi connectivity index (χ3v) is 3.37. The van der Waals surface area contributed by atoms with Gasteiger partial charge in [-0.1, -0.05) is 49.4 Å². The van der Waals surface area contributed by atoms with Crippen LogP contribution in [0, 0.1) is 5.92 Å². The van der Waals surface area contributed by atoms with E-state index in [2.05, 4.69) is 0 Å². The minimum absolute atomic E-state index is 0.474. The number of fused-ring (bicyclic) bond motifs is 1. The van der Waals surface area contributed by atoms with E-state index in [-0.39, 0.29) is 0 Å². The summed E-state index contributed by atoms with van der Waals surface area (Å²) in [5.74, 6) is -1.38. The van der Waals surface area contributed by atoms with E-state index < -0.39 is 17.9 Å². The molecule has 0 bridgehead atoms. The summed E-state index contributed by atoms with van der Waals surface area (Å²) in [6, 6.07) is 13.3. The maximum absolute atomic E-state index is 11.2. The highest BCUT2D eigenvalue weighted by Crippen LogP contribution is 2.28. The van der Waals surface area contributed by atoms with Crippen molar-refractivity contribution in [3.05, 3.63) is 48.0 Å². The molecule has 2 aromatic carbocycles. The lowest BCUT2D eigenvalue weighted by Crippen LogP contribution is -2.27. The Bertz CT molecular complexity index is 560. The number of carboxylic acid groups (broad SMARTS) is 1. The van der Waals surface area contributed by atoms with Crippen LogP contribution in [-0.4, -0.2) is 11.1 Å². The summed E-state index contributed by atoms with van der Waals surface area (Å²) >= 11 is 0. The molecule has 94 valence electrons. The molecular formula is C15H17NO2. The molecule has 0 radical (unpaired) electrons. The van der Waals surface area contributed by atoms with Gasteiger partial charge in [0.1, 0.15) is 0 Å². The molecule has 0 fully saturated rings. The molecule has 0 spiro atoms. The molecule has 2 atom stereocenters. The summed E-state index contributed by atoms with van der Waals surface area (Å²) in [7, 11) is 0. The fourth-order valence-corrected chi connectivity index (χ4v) is 2.34. The van der Waals surface area contributed by atoms with Gasteiger partial charge >= 0.3 is 5.97 Å². The molecule has 3 N–H and O–H groups in total. The highest BCUT2D eigenvalue weighted by atomic mass is 16.4. The van der Waals surface area contributed by atoms with Crippen LogP contribution in [0.2, 0.25) is 0 Å². The summed E-state index contributed by atoms with van der Waals surface area (Å²) in [6.07, 6.45) is 0.528. The molecule has 0 amide bonds. The Labute approximate surface area is 106 Å². The third kappa shape index (κ3) is 2.22. The van der Waals surface area contributed by atoms with E-state index in [1.807, 2.05) is 49.4 Å². The van der Waals surface area contributed by atoms with Crippen molar-refractivity contribution in [3.8, 4) is 0 Å². The van der Waals surface area contributed by atoms with Gasteiger partial charge in [0.15, 0.2) is 0 Å². The van der Waals surface area contributed by atoms with Gasteiger partial charge in [0.25, 0.3) is 0 Å². The van der Waals surface area contributed by atoms with Crippen LogP contribution >= 0.6 is 0 Å². The molecule has 0 heterocycles. The molecular weight excluding hydrogens is 226 g/mol. The molecule has 0 aromatic heterocycles. The Morgan fingerprint density at radius 1 is 1.22 bits per heavy atom. The normalized spacial score (nSPS) is 14.3. The third-order valence-electron chi connectivity index (χ3n) is 3.37. The maximum atomic E-state index is 11.2.